The van der Waals surface area contributed by atoms with Gasteiger partial charge in [0.2, 0.25) is 11.6 Å². The lowest BCUT2D eigenvalue weighted by molar-refractivity contribution is -0.390. The fraction of sp³-hybridized carbons (Fsp3) is 0.769. The molecule has 1 unspecified atom stereocenters. The van der Waals surface area contributed by atoms with Crippen LogP contribution in [0, 0.1) is 23.7 Å². The summed E-state index contributed by atoms with van der Waals surface area (Å²) in [6, 6.07) is 8.72. The molecule has 4 heteroatoms. The number of benzene rings is 1. The standard InChI is InChI=1S/C26H36O4/c1-2-3-11-27-24-8-6-20(7-9-24)21-5-4-10-25(17-21)28-26(30-29-25)22-13-18-12-19(15-22)16-23(26)14-18/h6-9,18-19,21-23H,2-5,10-17H2,1H3/t18?,19?,21?,22?,23?,25-,26?/m1/s1. The van der Waals surface area contributed by atoms with E-state index < -0.39 is 11.6 Å². The fourth-order valence-corrected chi connectivity index (χ4v) is 7.43. The highest BCUT2D eigenvalue weighted by molar-refractivity contribution is 5.30. The monoisotopic (exact) mass is 412 g/mol. The highest BCUT2D eigenvalue weighted by Crippen LogP contribution is 2.64. The number of hydrogen-bond acceptors (Lipinski definition) is 4. The summed E-state index contributed by atoms with van der Waals surface area (Å²) >= 11 is 0. The topological polar surface area (TPSA) is 36.9 Å². The predicted octanol–water partition coefficient (Wildman–Crippen LogP) is 6.35. The minimum absolute atomic E-state index is 0.452. The van der Waals surface area contributed by atoms with E-state index in [9.17, 15) is 0 Å². The Kier molecular flexibility index (Phi) is 4.89. The van der Waals surface area contributed by atoms with Crippen LogP contribution in [0.15, 0.2) is 24.3 Å². The molecular formula is C26H36O4. The highest BCUT2D eigenvalue weighted by atomic mass is 17.3. The molecular weight excluding hydrogens is 376 g/mol. The van der Waals surface area contributed by atoms with Crippen molar-refractivity contribution in [1.82, 2.24) is 0 Å². The maximum Gasteiger partial charge on any atom is 0.210 e. The van der Waals surface area contributed by atoms with Gasteiger partial charge in [-0.05, 0) is 86.8 Å². The average Bonchev–Trinajstić information content (AvgIpc) is 3.12. The summed E-state index contributed by atoms with van der Waals surface area (Å²) in [5, 5.41) is 0. The molecule has 7 rings (SSSR count). The van der Waals surface area contributed by atoms with Crippen LogP contribution < -0.4 is 4.74 Å². The summed E-state index contributed by atoms with van der Waals surface area (Å²) in [5.74, 6) is 3.31. The summed E-state index contributed by atoms with van der Waals surface area (Å²) in [7, 11) is 0. The third kappa shape index (κ3) is 3.22. The minimum Gasteiger partial charge on any atom is -0.494 e. The molecule has 0 radical (unpaired) electrons. The second-order valence-corrected chi connectivity index (χ2v) is 10.8. The van der Waals surface area contributed by atoms with Gasteiger partial charge in [-0.15, -0.1) is 0 Å². The van der Waals surface area contributed by atoms with Gasteiger partial charge < -0.3 is 9.47 Å². The van der Waals surface area contributed by atoms with Crippen LogP contribution in [0.1, 0.15) is 89.0 Å². The Morgan fingerprint density at radius 3 is 2.40 bits per heavy atom. The summed E-state index contributed by atoms with van der Waals surface area (Å²) in [6.45, 7) is 2.99. The van der Waals surface area contributed by atoms with E-state index in [1.807, 2.05) is 0 Å². The van der Waals surface area contributed by atoms with Crippen LogP contribution in [-0.2, 0) is 14.5 Å². The maximum absolute atomic E-state index is 6.93. The lowest BCUT2D eigenvalue weighted by Crippen LogP contribution is -2.59. The second-order valence-electron chi connectivity index (χ2n) is 10.8. The lowest BCUT2D eigenvalue weighted by Gasteiger charge is -2.57. The first kappa shape index (κ1) is 19.6. The van der Waals surface area contributed by atoms with Crippen molar-refractivity contribution >= 4 is 0 Å². The zero-order valence-electron chi connectivity index (χ0n) is 18.3. The van der Waals surface area contributed by atoms with Crippen LogP contribution in [0.4, 0.5) is 0 Å². The number of unbranched alkanes of at least 4 members (excludes halogenated alkanes) is 1. The van der Waals surface area contributed by atoms with E-state index in [4.69, 9.17) is 19.2 Å². The zero-order chi connectivity index (χ0) is 20.2. The van der Waals surface area contributed by atoms with Crippen LogP contribution in [0.3, 0.4) is 0 Å². The SMILES string of the molecule is CCCCOc1ccc(C2CCC[C@]3(C2)OOC2(O3)C3CC4CC(C3)CC2C4)cc1. The van der Waals surface area contributed by atoms with Gasteiger partial charge in [0, 0.05) is 24.7 Å². The van der Waals surface area contributed by atoms with E-state index in [0.29, 0.717) is 17.8 Å². The molecule has 0 N–H and O–H groups in total. The smallest absolute Gasteiger partial charge is 0.210 e. The molecule has 2 atom stereocenters. The Balaban J connectivity index is 1.15. The minimum atomic E-state index is -0.547. The summed E-state index contributed by atoms with van der Waals surface area (Å²) < 4.78 is 12.8. The van der Waals surface area contributed by atoms with Gasteiger partial charge in [-0.2, -0.15) is 9.78 Å². The van der Waals surface area contributed by atoms with Crippen LogP contribution in [0.5, 0.6) is 5.75 Å². The van der Waals surface area contributed by atoms with Crippen molar-refractivity contribution in [3.05, 3.63) is 29.8 Å². The predicted molar refractivity (Wildman–Crippen MR) is 114 cm³/mol. The van der Waals surface area contributed by atoms with E-state index in [-0.39, 0.29) is 0 Å². The van der Waals surface area contributed by atoms with Gasteiger partial charge in [-0.1, -0.05) is 25.5 Å². The number of rotatable bonds is 5. The first-order valence-corrected chi connectivity index (χ1v) is 12.5. The summed E-state index contributed by atoms with van der Waals surface area (Å²) in [6.07, 6.45) is 13.0. The van der Waals surface area contributed by atoms with Crippen molar-refractivity contribution in [2.24, 2.45) is 23.7 Å². The molecule has 0 aromatic heterocycles. The second kappa shape index (κ2) is 7.50. The van der Waals surface area contributed by atoms with E-state index in [2.05, 4.69) is 31.2 Å². The first-order valence-electron chi connectivity index (χ1n) is 12.5. The van der Waals surface area contributed by atoms with E-state index >= 15 is 0 Å². The van der Waals surface area contributed by atoms with Crippen molar-refractivity contribution in [1.29, 1.82) is 0 Å². The maximum atomic E-state index is 6.93. The molecule has 2 spiro atoms. The zero-order valence-corrected chi connectivity index (χ0v) is 18.3. The normalized spacial score (nSPS) is 44.2. The molecule has 4 bridgehead atoms. The molecule has 1 aromatic carbocycles. The fourth-order valence-electron chi connectivity index (χ4n) is 7.43. The Labute approximate surface area is 180 Å². The molecule has 6 aliphatic rings. The van der Waals surface area contributed by atoms with Crippen molar-refractivity contribution in [2.75, 3.05) is 6.61 Å². The lowest BCUT2D eigenvalue weighted by atomic mass is 9.53. The third-order valence-corrected chi connectivity index (χ3v) is 8.73. The molecule has 5 saturated carbocycles. The van der Waals surface area contributed by atoms with E-state index in [1.54, 1.807) is 0 Å². The van der Waals surface area contributed by atoms with Gasteiger partial charge in [-0.25, -0.2) is 0 Å². The quantitative estimate of drug-likeness (QED) is 0.417. The van der Waals surface area contributed by atoms with Crippen LogP contribution in [0.2, 0.25) is 0 Å². The van der Waals surface area contributed by atoms with Gasteiger partial charge in [0.15, 0.2) is 0 Å². The van der Waals surface area contributed by atoms with Crippen molar-refractivity contribution < 1.29 is 19.2 Å². The van der Waals surface area contributed by atoms with Gasteiger partial charge >= 0.3 is 0 Å². The summed E-state index contributed by atoms with van der Waals surface area (Å²) in [5.41, 5.74) is 1.37. The Bertz CT molecular complexity index is 731. The Hall–Kier alpha value is -1.10. The molecule has 1 aromatic rings. The molecule has 4 nitrogen and oxygen atoms in total. The van der Waals surface area contributed by atoms with Crippen molar-refractivity contribution in [3.8, 4) is 5.75 Å². The molecule has 164 valence electrons. The van der Waals surface area contributed by atoms with Crippen molar-refractivity contribution in [2.45, 2.75) is 95.0 Å². The third-order valence-electron chi connectivity index (χ3n) is 8.73. The molecule has 0 amide bonds. The van der Waals surface area contributed by atoms with Crippen LogP contribution in [0.25, 0.3) is 0 Å². The number of ether oxygens (including phenoxy) is 2. The van der Waals surface area contributed by atoms with Crippen LogP contribution in [-0.4, -0.2) is 18.2 Å². The van der Waals surface area contributed by atoms with Gasteiger partial charge in [-0.3, -0.25) is 0 Å². The molecule has 6 fully saturated rings. The van der Waals surface area contributed by atoms with E-state index in [1.165, 1.54) is 44.1 Å². The van der Waals surface area contributed by atoms with Crippen molar-refractivity contribution in [3.63, 3.8) is 0 Å². The largest absolute Gasteiger partial charge is 0.494 e. The number of hydrogen-bond donors (Lipinski definition) is 0. The summed E-state index contributed by atoms with van der Waals surface area (Å²) in [4.78, 5) is 12.4. The molecule has 1 saturated heterocycles. The highest BCUT2D eigenvalue weighted by Gasteiger charge is 2.67. The average molecular weight is 413 g/mol. The molecule has 30 heavy (non-hydrogen) atoms. The molecule has 1 heterocycles. The molecule has 5 aliphatic carbocycles. The van der Waals surface area contributed by atoms with Crippen LogP contribution >= 0.6 is 0 Å². The first-order chi connectivity index (χ1) is 14.7. The van der Waals surface area contributed by atoms with E-state index in [0.717, 1.165) is 56.3 Å². The van der Waals surface area contributed by atoms with Gasteiger partial charge in [0.05, 0.1) is 6.61 Å². The Morgan fingerprint density at radius 2 is 1.70 bits per heavy atom. The Morgan fingerprint density at radius 1 is 0.967 bits per heavy atom. The van der Waals surface area contributed by atoms with Gasteiger partial charge in [0.1, 0.15) is 5.75 Å². The molecule has 1 aliphatic heterocycles. The van der Waals surface area contributed by atoms with Gasteiger partial charge in [0.25, 0.3) is 0 Å².